The second-order valence-corrected chi connectivity index (χ2v) is 9.14. The van der Waals surface area contributed by atoms with Crippen LogP contribution in [0.25, 0.3) is 0 Å². The number of nitrogens with one attached hydrogen (secondary N) is 1. The molecule has 1 N–H and O–H groups in total. The highest BCUT2D eigenvalue weighted by Gasteiger charge is 2.40. The van der Waals surface area contributed by atoms with Gasteiger partial charge in [0.15, 0.2) is 0 Å². The third kappa shape index (κ3) is 5.78. The molecule has 3 aliphatic heterocycles. The van der Waals surface area contributed by atoms with Crippen LogP contribution < -0.4 is 5.32 Å². The minimum absolute atomic E-state index is 0. The number of likely N-dealkylation sites (tertiary alicyclic amines) is 1. The third-order valence-electron chi connectivity index (χ3n) is 7.33. The molecule has 6 nitrogen and oxygen atoms in total. The van der Waals surface area contributed by atoms with Gasteiger partial charge in [0.2, 0.25) is 11.8 Å². The zero-order chi connectivity index (χ0) is 18.8. The number of hydrogen-bond acceptors (Lipinski definition) is 4. The fourth-order valence-corrected chi connectivity index (χ4v) is 5.61. The van der Waals surface area contributed by atoms with Gasteiger partial charge < -0.3 is 15.1 Å². The van der Waals surface area contributed by atoms with Crippen LogP contribution in [0.5, 0.6) is 0 Å². The van der Waals surface area contributed by atoms with Crippen LogP contribution in [0.4, 0.5) is 0 Å². The summed E-state index contributed by atoms with van der Waals surface area (Å²) < 4.78 is 0. The SMILES string of the molecule is CC1CCCCN1C(=O)CN1CCN(C(=O)C2CC3CCCCC3N2)CC1.Cl.Cl. The second kappa shape index (κ2) is 11.2. The molecular formula is C21H38Cl2N4O2. The predicted octanol–water partition coefficient (Wildman–Crippen LogP) is 2.30. The summed E-state index contributed by atoms with van der Waals surface area (Å²) in [7, 11) is 0. The maximum atomic E-state index is 12.9. The number of nitrogens with zero attached hydrogens (tertiary/aromatic N) is 3. The lowest BCUT2D eigenvalue weighted by Crippen LogP contribution is -2.55. The van der Waals surface area contributed by atoms with E-state index in [0.717, 1.165) is 52.0 Å². The zero-order valence-corrected chi connectivity index (χ0v) is 19.3. The first-order valence-corrected chi connectivity index (χ1v) is 11.2. The number of rotatable bonds is 3. The molecule has 1 aliphatic carbocycles. The van der Waals surface area contributed by atoms with Gasteiger partial charge in [-0.15, -0.1) is 24.8 Å². The molecule has 4 rings (SSSR count). The van der Waals surface area contributed by atoms with Gasteiger partial charge in [0.25, 0.3) is 0 Å². The van der Waals surface area contributed by atoms with Gasteiger partial charge in [-0.1, -0.05) is 12.8 Å². The number of carbonyl (C=O) groups is 2. The van der Waals surface area contributed by atoms with Gasteiger partial charge in [-0.2, -0.15) is 0 Å². The summed E-state index contributed by atoms with van der Waals surface area (Å²) in [6.07, 6.45) is 9.67. The van der Waals surface area contributed by atoms with Crippen molar-refractivity contribution in [2.24, 2.45) is 5.92 Å². The lowest BCUT2D eigenvalue weighted by molar-refractivity contribution is -0.138. The highest BCUT2D eigenvalue weighted by Crippen LogP contribution is 2.33. The third-order valence-corrected chi connectivity index (χ3v) is 7.33. The molecule has 4 unspecified atom stereocenters. The number of amides is 2. The van der Waals surface area contributed by atoms with Crippen molar-refractivity contribution in [3.05, 3.63) is 0 Å². The Morgan fingerprint density at radius 3 is 2.28 bits per heavy atom. The van der Waals surface area contributed by atoms with E-state index in [1.165, 1.54) is 32.1 Å². The monoisotopic (exact) mass is 448 g/mol. The Morgan fingerprint density at radius 1 is 0.897 bits per heavy atom. The number of fused-ring (bicyclic) bond motifs is 1. The van der Waals surface area contributed by atoms with E-state index in [2.05, 4.69) is 22.0 Å². The topological polar surface area (TPSA) is 55.9 Å². The molecule has 3 heterocycles. The van der Waals surface area contributed by atoms with Crippen molar-refractivity contribution in [2.45, 2.75) is 76.4 Å². The highest BCUT2D eigenvalue weighted by molar-refractivity contribution is 5.85. The molecule has 0 radical (unpaired) electrons. The smallest absolute Gasteiger partial charge is 0.239 e. The first-order valence-electron chi connectivity index (χ1n) is 11.2. The van der Waals surface area contributed by atoms with Crippen molar-refractivity contribution in [3.63, 3.8) is 0 Å². The molecule has 1 saturated carbocycles. The van der Waals surface area contributed by atoms with Crippen LogP contribution >= 0.6 is 24.8 Å². The van der Waals surface area contributed by atoms with Gasteiger partial charge in [0, 0.05) is 44.8 Å². The molecule has 0 bridgehead atoms. The van der Waals surface area contributed by atoms with Gasteiger partial charge in [0.1, 0.15) is 0 Å². The van der Waals surface area contributed by atoms with E-state index in [-0.39, 0.29) is 36.8 Å². The van der Waals surface area contributed by atoms with Crippen LogP contribution in [0.1, 0.15) is 58.3 Å². The number of hydrogen-bond donors (Lipinski definition) is 1. The van der Waals surface area contributed by atoms with E-state index >= 15 is 0 Å². The Labute approximate surface area is 187 Å². The van der Waals surface area contributed by atoms with Crippen LogP contribution in [-0.4, -0.2) is 83.9 Å². The van der Waals surface area contributed by atoms with Crippen molar-refractivity contribution in [3.8, 4) is 0 Å². The van der Waals surface area contributed by atoms with Gasteiger partial charge >= 0.3 is 0 Å². The summed E-state index contributed by atoms with van der Waals surface area (Å²) in [6, 6.07) is 0.977. The number of halogens is 2. The molecule has 29 heavy (non-hydrogen) atoms. The Hall–Kier alpha value is -0.560. The van der Waals surface area contributed by atoms with E-state index < -0.39 is 0 Å². The van der Waals surface area contributed by atoms with Crippen molar-refractivity contribution >= 4 is 36.6 Å². The Bertz CT molecular complexity index is 543. The number of piperidine rings is 1. The predicted molar refractivity (Wildman–Crippen MR) is 120 cm³/mol. The number of piperazine rings is 1. The van der Waals surface area contributed by atoms with Gasteiger partial charge in [-0.3, -0.25) is 14.5 Å². The van der Waals surface area contributed by atoms with Crippen molar-refractivity contribution in [1.29, 1.82) is 0 Å². The maximum Gasteiger partial charge on any atom is 0.239 e. The fraction of sp³-hybridized carbons (Fsp3) is 0.905. The normalized spacial score (nSPS) is 32.7. The molecule has 4 fully saturated rings. The van der Waals surface area contributed by atoms with E-state index in [1.807, 2.05) is 4.90 Å². The Kier molecular flexibility index (Phi) is 9.52. The minimum atomic E-state index is 0. The first-order chi connectivity index (χ1) is 13.1. The minimum Gasteiger partial charge on any atom is -0.339 e. The van der Waals surface area contributed by atoms with E-state index in [9.17, 15) is 9.59 Å². The van der Waals surface area contributed by atoms with Gasteiger partial charge in [0.05, 0.1) is 12.6 Å². The molecule has 0 aromatic rings. The summed E-state index contributed by atoms with van der Waals surface area (Å²) >= 11 is 0. The van der Waals surface area contributed by atoms with E-state index in [4.69, 9.17) is 0 Å². The summed E-state index contributed by atoms with van der Waals surface area (Å²) in [4.78, 5) is 31.9. The molecule has 3 saturated heterocycles. The molecule has 4 atom stereocenters. The highest BCUT2D eigenvalue weighted by atomic mass is 35.5. The van der Waals surface area contributed by atoms with Crippen LogP contribution in [0.15, 0.2) is 0 Å². The lowest BCUT2D eigenvalue weighted by atomic mass is 9.85. The maximum absolute atomic E-state index is 12.9. The molecule has 4 aliphatic rings. The Balaban J connectivity index is 0.00000150. The average Bonchev–Trinajstić information content (AvgIpc) is 3.12. The molecule has 0 aromatic heterocycles. The van der Waals surface area contributed by atoms with Gasteiger partial charge in [-0.25, -0.2) is 0 Å². The fourth-order valence-electron chi connectivity index (χ4n) is 5.61. The standard InChI is InChI=1S/C21H36N4O2.2ClH/c1-16-6-4-5-9-25(16)20(26)15-23-10-12-24(13-11-23)21(27)19-14-17-7-2-3-8-18(17)22-19;;/h16-19,22H,2-15H2,1H3;2*1H. The van der Waals surface area contributed by atoms with Crippen LogP contribution in [0, 0.1) is 5.92 Å². The number of carbonyl (C=O) groups excluding carboxylic acids is 2. The Morgan fingerprint density at radius 2 is 1.59 bits per heavy atom. The summed E-state index contributed by atoms with van der Waals surface area (Å²) in [6.45, 7) is 6.75. The molecule has 2 amide bonds. The quantitative estimate of drug-likeness (QED) is 0.719. The summed E-state index contributed by atoms with van der Waals surface area (Å²) in [5, 5.41) is 3.62. The van der Waals surface area contributed by atoms with Gasteiger partial charge in [-0.05, 0) is 51.4 Å². The molecule has 8 heteroatoms. The van der Waals surface area contributed by atoms with Crippen LogP contribution in [0.3, 0.4) is 0 Å². The molecular weight excluding hydrogens is 411 g/mol. The lowest BCUT2D eigenvalue weighted by Gasteiger charge is -2.38. The van der Waals surface area contributed by atoms with Crippen molar-refractivity contribution < 1.29 is 9.59 Å². The van der Waals surface area contributed by atoms with E-state index in [0.29, 0.717) is 30.5 Å². The summed E-state index contributed by atoms with van der Waals surface area (Å²) in [5.41, 5.74) is 0. The van der Waals surface area contributed by atoms with Crippen molar-refractivity contribution in [1.82, 2.24) is 20.0 Å². The largest absolute Gasteiger partial charge is 0.339 e. The van der Waals surface area contributed by atoms with Crippen LogP contribution in [0.2, 0.25) is 0 Å². The van der Waals surface area contributed by atoms with Crippen LogP contribution in [-0.2, 0) is 9.59 Å². The summed E-state index contributed by atoms with van der Waals surface area (Å²) in [5.74, 6) is 1.27. The molecule has 168 valence electrons. The zero-order valence-electron chi connectivity index (χ0n) is 17.7. The molecule has 0 aromatic carbocycles. The van der Waals surface area contributed by atoms with Crippen molar-refractivity contribution in [2.75, 3.05) is 39.3 Å². The van der Waals surface area contributed by atoms with E-state index in [1.54, 1.807) is 0 Å². The average molecular weight is 449 g/mol. The second-order valence-electron chi connectivity index (χ2n) is 9.14. The molecule has 0 spiro atoms. The first kappa shape index (κ1) is 24.7.